The maximum absolute atomic E-state index is 12.6. The topological polar surface area (TPSA) is 75.7 Å². The molecule has 146 valence electrons. The average molecular weight is 391 g/mol. The summed E-state index contributed by atoms with van der Waals surface area (Å²) in [5, 5.41) is 2.92. The highest BCUT2D eigenvalue weighted by Gasteiger charge is 2.25. The fourth-order valence-electron chi connectivity index (χ4n) is 2.85. The molecular formula is C20H26N2O4S. The molecule has 0 aliphatic rings. The zero-order valence-corrected chi connectivity index (χ0v) is 16.9. The second-order valence-corrected chi connectivity index (χ2v) is 8.29. The lowest BCUT2D eigenvalue weighted by Crippen LogP contribution is -2.41. The van der Waals surface area contributed by atoms with E-state index in [0.29, 0.717) is 17.9 Å². The van der Waals surface area contributed by atoms with Crippen LogP contribution in [0.5, 0.6) is 5.75 Å². The van der Waals surface area contributed by atoms with Crippen LogP contribution in [0.3, 0.4) is 0 Å². The number of carbonyl (C=O) groups is 1. The SMILES string of the molecule is CC[C@H](NC(=O)CN(c1cc(C)ccc1OC)S(C)(=O)=O)c1ccccc1. The minimum Gasteiger partial charge on any atom is -0.495 e. The molecular weight excluding hydrogens is 364 g/mol. The van der Waals surface area contributed by atoms with Crippen molar-refractivity contribution in [1.29, 1.82) is 0 Å². The van der Waals surface area contributed by atoms with Crippen molar-refractivity contribution in [2.75, 3.05) is 24.2 Å². The Morgan fingerprint density at radius 1 is 1.19 bits per heavy atom. The van der Waals surface area contributed by atoms with E-state index >= 15 is 0 Å². The molecule has 0 aromatic heterocycles. The molecule has 0 aliphatic carbocycles. The lowest BCUT2D eigenvalue weighted by Gasteiger charge is -2.25. The highest BCUT2D eigenvalue weighted by molar-refractivity contribution is 7.92. The van der Waals surface area contributed by atoms with Crippen molar-refractivity contribution >= 4 is 21.6 Å². The minimum absolute atomic E-state index is 0.181. The molecule has 2 aromatic rings. The molecule has 1 atom stereocenters. The van der Waals surface area contributed by atoms with Gasteiger partial charge in [0.2, 0.25) is 15.9 Å². The number of carbonyl (C=O) groups excluding carboxylic acids is 1. The molecule has 0 saturated carbocycles. The van der Waals surface area contributed by atoms with E-state index in [1.165, 1.54) is 7.11 Å². The first kappa shape index (κ1) is 20.8. The average Bonchev–Trinajstić information content (AvgIpc) is 2.64. The van der Waals surface area contributed by atoms with Crippen LogP contribution in [0.25, 0.3) is 0 Å². The Labute approximate surface area is 161 Å². The summed E-state index contributed by atoms with van der Waals surface area (Å²) in [7, 11) is -2.21. The van der Waals surface area contributed by atoms with Crippen molar-refractivity contribution in [3.8, 4) is 5.75 Å². The summed E-state index contributed by atoms with van der Waals surface area (Å²) in [6.45, 7) is 3.50. The van der Waals surface area contributed by atoms with Crippen LogP contribution in [-0.2, 0) is 14.8 Å². The van der Waals surface area contributed by atoms with E-state index < -0.39 is 10.0 Å². The first-order valence-corrected chi connectivity index (χ1v) is 10.6. The number of hydrogen-bond donors (Lipinski definition) is 1. The van der Waals surface area contributed by atoms with Crippen LogP contribution >= 0.6 is 0 Å². The quantitative estimate of drug-likeness (QED) is 0.752. The molecule has 1 N–H and O–H groups in total. The van der Waals surface area contributed by atoms with Crippen molar-refractivity contribution in [2.45, 2.75) is 26.3 Å². The number of rotatable bonds is 8. The number of ether oxygens (including phenoxy) is 1. The van der Waals surface area contributed by atoms with Crippen molar-refractivity contribution in [2.24, 2.45) is 0 Å². The van der Waals surface area contributed by atoms with Gasteiger partial charge in [-0.2, -0.15) is 0 Å². The molecule has 0 heterocycles. The Hall–Kier alpha value is -2.54. The van der Waals surface area contributed by atoms with Crippen LogP contribution in [0.15, 0.2) is 48.5 Å². The van der Waals surface area contributed by atoms with E-state index in [4.69, 9.17) is 4.74 Å². The fraction of sp³-hybridized carbons (Fsp3) is 0.350. The van der Waals surface area contributed by atoms with Crippen molar-refractivity contribution in [3.63, 3.8) is 0 Å². The molecule has 0 fully saturated rings. The summed E-state index contributed by atoms with van der Waals surface area (Å²) in [6.07, 6.45) is 1.78. The first-order chi connectivity index (χ1) is 12.8. The largest absolute Gasteiger partial charge is 0.495 e. The highest BCUT2D eigenvalue weighted by atomic mass is 32.2. The molecule has 0 spiro atoms. The van der Waals surface area contributed by atoms with E-state index in [0.717, 1.165) is 21.7 Å². The van der Waals surface area contributed by atoms with Gasteiger partial charge in [0.15, 0.2) is 0 Å². The summed E-state index contributed by atoms with van der Waals surface area (Å²) in [6, 6.07) is 14.6. The number of anilines is 1. The number of sulfonamides is 1. The number of amides is 1. The van der Waals surface area contributed by atoms with Gasteiger partial charge in [0.1, 0.15) is 12.3 Å². The molecule has 1 amide bonds. The van der Waals surface area contributed by atoms with Crippen LogP contribution in [0.4, 0.5) is 5.69 Å². The Balaban J connectivity index is 2.27. The lowest BCUT2D eigenvalue weighted by molar-refractivity contribution is -0.120. The van der Waals surface area contributed by atoms with Crippen LogP contribution in [0, 0.1) is 6.92 Å². The van der Waals surface area contributed by atoms with Crippen molar-refractivity contribution in [1.82, 2.24) is 5.32 Å². The molecule has 0 bridgehead atoms. The van der Waals surface area contributed by atoms with Crippen LogP contribution < -0.4 is 14.4 Å². The van der Waals surface area contributed by atoms with Gasteiger partial charge in [-0.1, -0.05) is 43.3 Å². The summed E-state index contributed by atoms with van der Waals surface area (Å²) in [5.74, 6) is 0.0219. The van der Waals surface area contributed by atoms with Crippen molar-refractivity contribution in [3.05, 3.63) is 59.7 Å². The predicted octanol–water partition coefficient (Wildman–Crippen LogP) is 3.04. The molecule has 7 heteroatoms. The van der Waals surface area contributed by atoms with Gasteiger partial charge in [-0.25, -0.2) is 8.42 Å². The van der Waals surface area contributed by atoms with E-state index in [1.807, 2.05) is 50.2 Å². The molecule has 6 nitrogen and oxygen atoms in total. The van der Waals surface area contributed by atoms with E-state index in [9.17, 15) is 13.2 Å². The lowest BCUT2D eigenvalue weighted by atomic mass is 10.0. The number of methoxy groups -OCH3 is 1. The van der Waals surface area contributed by atoms with Crippen LogP contribution in [0.2, 0.25) is 0 Å². The normalized spacial score (nSPS) is 12.3. The zero-order valence-electron chi connectivity index (χ0n) is 16.1. The van der Waals surface area contributed by atoms with Gasteiger partial charge in [0.25, 0.3) is 0 Å². The molecule has 2 rings (SSSR count). The molecule has 0 aliphatic heterocycles. The number of nitrogens with one attached hydrogen (secondary N) is 1. The third-order valence-corrected chi connectivity index (χ3v) is 5.36. The standard InChI is InChI=1S/C20H26N2O4S/c1-5-17(16-9-7-6-8-10-16)21-20(23)14-22(27(4,24)25)18-13-15(2)11-12-19(18)26-3/h6-13,17H,5,14H2,1-4H3,(H,21,23)/t17-/m0/s1. The second kappa shape index (κ2) is 8.90. The Kier molecular flexibility index (Phi) is 6.85. The maximum Gasteiger partial charge on any atom is 0.241 e. The second-order valence-electron chi connectivity index (χ2n) is 6.38. The van der Waals surface area contributed by atoms with Crippen LogP contribution in [-0.4, -0.2) is 34.2 Å². The van der Waals surface area contributed by atoms with Gasteiger partial charge < -0.3 is 10.1 Å². The van der Waals surface area contributed by atoms with Gasteiger partial charge in [0.05, 0.1) is 25.1 Å². The number of benzene rings is 2. The molecule has 0 radical (unpaired) electrons. The van der Waals surface area contributed by atoms with Gasteiger partial charge in [-0.3, -0.25) is 9.10 Å². The predicted molar refractivity (Wildman–Crippen MR) is 108 cm³/mol. The molecule has 0 unspecified atom stereocenters. The van der Waals surface area contributed by atoms with E-state index in [2.05, 4.69) is 5.32 Å². The minimum atomic E-state index is -3.68. The molecule has 0 saturated heterocycles. The Bertz CT molecular complexity index is 882. The molecule has 2 aromatic carbocycles. The summed E-state index contributed by atoms with van der Waals surface area (Å²) >= 11 is 0. The van der Waals surface area contributed by atoms with E-state index in [1.54, 1.807) is 12.1 Å². The summed E-state index contributed by atoms with van der Waals surface area (Å²) in [5.41, 5.74) is 2.20. The number of aryl methyl sites for hydroxylation is 1. The highest BCUT2D eigenvalue weighted by Crippen LogP contribution is 2.31. The van der Waals surface area contributed by atoms with Crippen LogP contribution in [0.1, 0.15) is 30.5 Å². The van der Waals surface area contributed by atoms with Gasteiger partial charge >= 0.3 is 0 Å². The first-order valence-electron chi connectivity index (χ1n) is 8.73. The summed E-state index contributed by atoms with van der Waals surface area (Å²) in [4.78, 5) is 12.6. The van der Waals surface area contributed by atoms with Gasteiger partial charge in [0, 0.05) is 0 Å². The Morgan fingerprint density at radius 3 is 2.41 bits per heavy atom. The number of hydrogen-bond acceptors (Lipinski definition) is 4. The molecule has 27 heavy (non-hydrogen) atoms. The van der Waals surface area contributed by atoms with E-state index in [-0.39, 0.29) is 18.5 Å². The van der Waals surface area contributed by atoms with Crippen molar-refractivity contribution < 1.29 is 17.9 Å². The third kappa shape index (κ3) is 5.47. The third-order valence-electron chi connectivity index (χ3n) is 4.24. The maximum atomic E-state index is 12.6. The van der Waals surface area contributed by atoms with Gasteiger partial charge in [-0.05, 0) is 36.6 Å². The zero-order chi connectivity index (χ0) is 20.0. The van der Waals surface area contributed by atoms with Gasteiger partial charge in [-0.15, -0.1) is 0 Å². The Morgan fingerprint density at radius 2 is 1.85 bits per heavy atom. The summed E-state index contributed by atoms with van der Waals surface area (Å²) < 4.78 is 31.1. The fourth-order valence-corrected chi connectivity index (χ4v) is 3.70. The number of nitrogens with zero attached hydrogens (tertiary/aromatic N) is 1. The smallest absolute Gasteiger partial charge is 0.241 e. The monoisotopic (exact) mass is 390 g/mol.